The Kier molecular flexibility index (Phi) is 6.42. The Morgan fingerprint density at radius 1 is 1.47 bits per heavy atom. The molecule has 1 unspecified atom stereocenters. The number of hydrogen-bond acceptors (Lipinski definition) is 12. The van der Waals surface area contributed by atoms with Crippen molar-refractivity contribution in [1.82, 2.24) is 19.5 Å². The average Bonchev–Trinajstić information content (AvgIpc) is 3.30. The first kappa shape index (κ1) is 22.7. The van der Waals surface area contributed by atoms with Gasteiger partial charge in [-0.05, 0) is 6.92 Å². The van der Waals surface area contributed by atoms with E-state index in [1.165, 1.54) is 24.9 Å². The van der Waals surface area contributed by atoms with Crippen LogP contribution in [-0.2, 0) is 27.4 Å². The first-order valence-corrected chi connectivity index (χ1v) is 8.93. The van der Waals surface area contributed by atoms with E-state index >= 15 is 0 Å². The zero-order valence-electron chi connectivity index (χ0n) is 16.9. The van der Waals surface area contributed by atoms with Gasteiger partial charge in [0.05, 0.1) is 19.5 Å². The molecule has 0 aliphatic carbocycles. The lowest BCUT2D eigenvalue weighted by atomic mass is 9.98. The van der Waals surface area contributed by atoms with Gasteiger partial charge in [-0.1, -0.05) is 5.92 Å². The number of nitrogens with zero attached hydrogens (tertiary/aromatic N) is 4. The number of nitrogen functional groups attached to an aromatic ring is 1. The van der Waals surface area contributed by atoms with Crippen molar-refractivity contribution >= 4 is 23.1 Å². The highest BCUT2D eigenvalue weighted by atomic mass is 19.1. The summed E-state index contributed by atoms with van der Waals surface area (Å²) >= 11 is 0. The molecule has 0 spiro atoms. The monoisotopic (exact) mass is 451 g/mol. The van der Waals surface area contributed by atoms with E-state index in [1.807, 2.05) is 0 Å². The molecule has 3 N–H and O–H groups in total. The summed E-state index contributed by atoms with van der Waals surface area (Å²) in [5.41, 5.74) is 3.94. The Hall–Kier alpha value is -3.96. The first-order valence-electron chi connectivity index (χ1n) is 8.93. The quantitative estimate of drug-likeness (QED) is 0.269. The second-order valence-corrected chi connectivity index (χ2v) is 6.42. The second kappa shape index (κ2) is 9.04. The fraction of sp³-hybridized carbons (Fsp3) is 0.389. The van der Waals surface area contributed by atoms with Gasteiger partial charge in [0.15, 0.2) is 41.3 Å². The van der Waals surface area contributed by atoms with Gasteiger partial charge in [-0.3, -0.25) is 0 Å². The molecule has 3 heterocycles. The van der Waals surface area contributed by atoms with Crippen molar-refractivity contribution in [2.24, 2.45) is 0 Å². The summed E-state index contributed by atoms with van der Waals surface area (Å²) in [5.74, 6) is 1.18. The number of carbonyl (C=O) groups excluding carboxylic acids is 1. The van der Waals surface area contributed by atoms with E-state index in [1.54, 1.807) is 0 Å². The molecule has 0 aliphatic rings. The molecule has 0 amide bonds. The molecular weight excluding hydrogens is 433 g/mol. The molecule has 14 heteroatoms. The third kappa shape index (κ3) is 4.38. The number of ether oxygens (including phenoxy) is 3. The number of rotatable bonds is 8. The summed E-state index contributed by atoms with van der Waals surface area (Å²) in [6.07, 6.45) is 3.09. The molecule has 2 atom stereocenters. The van der Waals surface area contributed by atoms with Crippen molar-refractivity contribution in [3.05, 3.63) is 34.5 Å². The Bertz CT molecular complexity index is 1220. The number of terminal acetylenes is 1. The number of aliphatic hydroxyl groups is 1. The van der Waals surface area contributed by atoms with Crippen molar-refractivity contribution in [3.63, 3.8) is 0 Å². The Morgan fingerprint density at radius 3 is 2.81 bits per heavy atom. The third-order valence-corrected chi connectivity index (χ3v) is 4.58. The highest BCUT2D eigenvalue weighted by Gasteiger charge is 2.41. The lowest BCUT2D eigenvalue weighted by Crippen LogP contribution is -2.50. The zero-order chi connectivity index (χ0) is 23.5. The van der Waals surface area contributed by atoms with Crippen LogP contribution in [0.25, 0.3) is 11.2 Å². The Labute approximate surface area is 178 Å². The highest BCUT2D eigenvalue weighted by Crippen LogP contribution is 2.23. The number of halogens is 1. The lowest BCUT2D eigenvalue weighted by molar-refractivity contribution is -0.111. The number of aromatic nitrogens is 4. The van der Waals surface area contributed by atoms with Crippen molar-refractivity contribution in [2.45, 2.75) is 31.8 Å². The number of nitrogens with two attached hydrogens (primary N) is 1. The van der Waals surface area contributed by atoms with E-state index in [0.29, 0.717) is 0 Å². The van der Waals surface area contributed by atoms with E-state index in [2.05, 4.69) is 25.3 Å². The fourth-order valence-corrected chi connectivity index (χ4v) is 2.81. The van der Waals surface area contributed by atoms with Crippen LogP contribution in [0.1, 0.15) is 11.5 Å². The van der Waals surface area contributed by atoms with Gasteiger partial charge in [-0.2, -0.15) is 14.4 Å². The zero-order valence-corrected chi connectivity index (χ0v) is 16.9. The average molecular weight is 451 g/mol. The van der Waals surface area contributed by atoms with Gasteiger partial charge in [-0.15, -0.1) is 6.42 Å². The predicted molar refractivity (Wildman–Crippen MR) is 102 cm³/mol. The van der Waals surface area contributed by atoms with Crippen LogP contribution in [0.5, 0.6) is 0 Å². The van der Waals surface area contributed by atoms with Gasteiger partial charge in [0, 0.05) is 7.11 Å². The summed E-state index contributed by atoms with van der Waals surface area (Å²) in [7, 11) is 1.20. The molecule has 3 rings (SSSR count). The number of aliphatic hydroxyl groups excluding tert-OH is 1. The summed E-state index contributed by atoms with van der Waals surface area (Å²) in [6.45, 7) is -0.0540. The number of methoxy groups -OCH3 is 1. The molecule has 32 heavy (non-hydrogen) atoms. The predicted octanol–water partition coefficient (Wildman–Crippen LogP) is 0.135. The number of hydrogen-bond donors (Lipinski definition) is 2. The molecule has 0 fully saturated rings. The largest absolute Gasteiger partial charge is 0.519 e. The van der Waals surface area contributed by atoms with Crippen LogP contribution in [0.15, 0.2) is 20.0 Å². The first-order chi connectivity index (χ1) is 15.2. The van der Waals surface area contributed by atoms with Crippen molar-refractivity contribution in [2.75, 3.05) is 19.5 Å². The van der Waals surface area contributed by atoms with Gasteiger partial charge in [0.2, 0.25) is 0 Å². The van der Waals surface area contributed by atoms with E-state index in [9.17, 15) is 19.1 Å². The maximum Gasteiger partial charge on any atom is 0.519 e. The smallest absolute Gasteiger partial charge is 0.426 e. The molecule has 3 aromatic rings. The SMILES string of the molecule is C#CC(CO)(OC)[C@H](Cn1cnc2c(N)nc(F)nc21)OC(=O)OCc1oc(=O)oc1C. The molecule has 0 bridgehead atoms. The maximum absolute atomic E-state index is 13.6. The molecule has 0 radical (unpaired) electrons. The number of anilines is 1. The minimum Gasteiger partial charge on any atom is -0.426 e. The van der Waals surface area contributed by atoms with Gasteiger partial charge >= 0.3 is 18.1 Å². The standard InChI is InChI=1S/C18H18FN5O8/c1-4-18(7-25,28-3)11(32-16(26)29-6-10-9(2)30-17(27)31-10)5-24-8-21-12-13(20)22-15(19)23-14(12)24/h1,8,11,25H,5-7H2,2-3H3,(H2,20,22,23)/t11-,18?/m0/s1. The van der Waals surface area contributed by atoms with Crippen LogP contribution >= 0.6 is 0 Å². The third-order valence-electron chi connectivity index (χ3n) is 4.58. The van der Waals surface area contributed by atoms with Crippen molar-refractivity contribution in [3.8, 4) is 12.3 Å². The van der Waals surface area contributed by atoms with Crippen LogP contribution in [0.4, 0.5) is 15.0 Å². The molecular formula is C18H18FN5O8. The highest BCUT2D eigenvalue weighted by molar-refractivity contribution is 5.81. The van der Waals surface area contributed by atoms with Crippen LogP contribution in [0.3, 0.4) is 0 Å². The molecule has 170 valence electrons. The second-order valence-electron chi connectivity index (χ2n) is 6.42. The van der Waals surface area contributed by atoms with Crippen LogP contribution < -0.4 is 11.6 Å². The normalized spacial score (nSPS) is 14.0. The van der Waals surface area contributed by atoms with E-state index < -0.39 is 43.0 Å². The van der Waals surface area contributed by atoms with E-state index in [-0.39, 0.29) is 35.0 Å². The van der Waals surface area contributed by atoms with Crippen LogP contribution in [0, 0.1) is 25.3 Å². The van der Waals surface area contributed by atoms with Gasteiger partial charge in [-0.25, -0.2) is 14.6 Å². The van der Waals surface area contributed by atoms with Crippen molar-refractivity contribution < 1.29 is 37.3 Å². The van der Waals surface area contributed by atoms with Gasteiger partial charge in [0.1, 0.15) is 5.52 Å². The number of imidazole rings is 1. The maximum atomic E-state index is 13.6. The molecule has 0 saturated carbocycles. The minimum atomic E-state index is -1.80. The molecule has 0 saturated heterocycles. The molecule has 3 aromatic heterocycles. The molecule has 0 aliphatic heterocycles. The number of fused-ring (bicyclic) bond motifs is 1. The van der Waals surface area contributed by atoms with Crippen LogP contribution in [-0.4, -0.2) is 56.2 Å². The van der Waals surface area contributed by atoms with Crippen molar-refractivity contribution in [1.29, 1.82) is 0 Å². The van der Waals surface area contributed by atoms with Crippen LogP contribution in [0.2, 0.25) is 0 Å². The van der Waals surface area contributed by atoms with Gasteiger partial charge in [0.25, 0.3) is 0 Å². The molecule has 13 nitrogen and oxygen atoms in total. The molecule has 0 aromatic carbocycles. The number of aryl methyl sites for hydroxylation is 1. The number of carbonyl (C=O) groups is 1. The minimum absolute atomic E-state index is 0.00673. The topological polar surface area (TPSA) is 178 Å². The summed E-state index contributed by atoms with van der Waals surface area (Å²) in [5, 5.41) is 9.84. The Balaban J connectivity index is 1.86. The summed E-state index contributed by atoms with van der Waals surface area (Å²) in [6, 6.07) is 0. The lowest BCUT2D eigenvalue weighted by Gasteiger charge is -2.32. The summed E-state index contributed by atoms with van der Waals surface area (Å²) in [4.78, 5) is 34.4. The fourth-order valence-electron chi connectivity index (χ4n) is 2.81. The van der Waals surface area contributed by atoms with Gasteiger partial charge < -0.3 is 38.5 Å². The van der Waals surface area contributed by atoms with E-state index in [0.717, 1.165) is 0 Å². The summed E-state index contributed by atoms with van der Waals surface area (Å²) < 4.78 is 39.8. The van der Waals surface area contributed by atoms with E-state index in [4.69, 9.17) is 30.8 Å². The Morgan fingerprint density at radius 2 is 2.22 bits per heavy atom.